The second kappa shape index (κ2) is 6.47. The van der Waals surface area contributed by atoms with Crippen molar-refractivity contribution in [2.75, 3.05) is 12.4 Å². The van der Waals surface area contributed by atoms with E-state index < -0.39 is 0 Å². The minimum absolute atomic E-state index is 0.286. The third-order valence-corrected chi connectivity index (χ3v) is 3.67. The molecular formula is C18H23NO. The molecule has 2 rings (SSSR count). The van der Waals surface area contributed by atoms with Crippen LogP contribution in [0.15, 0.2) is 42.5 Å². The number of rotatable bonds is 5. The van der Waals surface area contributed by atoms with Gasteiger partial charge in [0.1, 0.15) is 5.75 Å². The van der Waals surface area contributed by atoms with E-state index in [0.717, 1.165) is 23.4 Å². The van der Waals surface area contributed by atoms with E-state index >= 15 is 0 Å². The Hall–Kier alpha value is -1.96. The van der Waals surface area contributed by atoms with Crippen LogP contribution in [0.3, 0.4) is 0 Å². The van der Waals surface area contributed by atoms with Crippen LogP contribution in [0.1, 0.15) is 36.6 Å². The zero-order chi connectivity index (χ0) is 14.5. The highest BCUT2D eigenvalue weighted by molar-refractivity contribution is 5.52. The van der Waals surface area contributed by atoms with E-state index in [1.165, 1.54) is 11.1 Å². The highest BCUT2D eigenvalue weighted by Crippen LogP contribution is 2.25. The number of aryl methyl sites for hydroxylation is 2. The van der Waals surface area contributed by atoms with Crippen molar-refractivity contribution in [1.82, 2.24) is 0 Å². The molecule has 0 aromatic heterocycles. The standard InChI is InChI=1S/C18H23NO/c1-5-15-6-8-16(9-7-15)14(3)19-17-10-11-18(20-4)13(2)12-17/h6-12,14,19H,5H2,1-4H3. The second-order valence-corrected chi connectivity index (χ2v) is 5.15. The van der Waals surface area contributed by atoms with Gasteiger partial charge in [-0.25, -0.2) is 0 Å². The second-order valence-electron chi connectivity index (χ2n) is 5.15. The molecule has 0 heterocycles. The first-order chi connectivity index (χ1) is 9.63. The van der Waals surface area contributed by atoms with Crippen molar-refractivity contribution in [3.63, 3.8) is 0 Å². The van der Waals surface area contributed by atoms with E-state index in [2.05, 4.69) is 62.5 Å². The Bertz CT molecular complexity index is 560. The van der Waals surface area contributed by atoms with E-state index in [9.17, 15) is 0 Å². The maximum absolute atomic E-state index is 5.29. The first-order valence-electron chi connectivity index (χ1n) is 7.14. The lowest BCUT2D eigenvalue weighted by molar-refractivity contribution is 0.412. The highest BCUT2D eigenvalue weighted by Gasteiger charge is 2.06. The van der Waals surface area contributed by atoms with Crippen LogP contribution >= 0.6 is 0 Å². The molecule has 0 radical (unpaired) electrons. The topological polar surface area (TPSA) is 21.3 Å². The predicted molar refractivity (Wildman–Crippen MR) is 85.6 cm³/mol. The van der Waals surface area contributed by atoms with Crippen LogP contribution in [0.2, 0.25) is 0 Å². The van der Waals surface area contributed by atoms with Crippen LogP contribution in [0, 0.1) is 6.92 Å². The number of hydrogen-bond donors (Lipinski definition) is 1. The Labute approximate surface area is 121 Å². The summed E-state index contributed by atoms with van der Waals surface area (Å²) in [5, 5.41) is 3.53. The molecule has 2 aromatic rings. The molecule has 0 saturated heterocycles. The molecule has 2 aromatic carbocycles. The van der Waals surface area contributed by atoms with Crippen LogP contribution < -0.4 is 10.1 Å². The molecule has 1 N–H and O–H groups in total. The molecule has 0 saturated carbocycles. The third kappa shape index (κ3) is 3.32. The van der Waals surface area contributed by atoms with Gasteiger partial charge in [-0.3, -0.25) is 0 Å². The lowest BCUT2D eigenvalue weighted by Gasteiger charge is -2.17. The summed E-state index contributed by atoms with van der Waals surface area (Å²) in [4.78, 5) is 0. The largest absolute Gasteiger partial charge is 0.496 e. The fraction of sp³-hybridized carbons (Fsp3) is 0.333. The summed E-state index contributed by atoms with van der Waals surface area (Å²) < 4.78 is 5.29. The number of nitrogens with one attached hydrogen (secondary N) is 1. The van der Waals surface area contributed by atoms with Gasteiger partial charge in [-0.2, -0.15) is 0 Å². The van der Waals surface area contributed by atoms with Gasteiger partial charge < -0.3 is 10.1 Å². The van der Waals surface area contributed by atoms with Gasteiger partial charge in [0.05, 0.1) is 7.11 Å². The summed E-state index contributed by atoms with van der Waals surface area (Å²) in [6.07, 6.45) is 1.08. The van der Waals surface area contributed by atoms with E-state index in [1.807, 2.05) is 6.07 Å². The summed E-state index contributed by atoms with van der Waals surface area (Å²) >= 11 is 0. The van der Waals surface area contributed by atoms with Crippen molar-refractivity contribution in [3.8, 4) is 5.75 Å². The van der Waals surface area contributed by atoms with E-state index in [1.54, 1.807) is 7.11 Å². The number of anilines is 1. The fourth-order valence-electron chi connectivity index (χ4n) is 2.34. The van der Waals surface area contributed by atoms with Gasteiger partial charge >= 0.3 is 0 Å². The molecule has 0 fully saturated rings. The average Bonchev–Trinajstić information content (AvgIpc) is 2.47. The van der Waals surface area contributed by atoms with E-state index in [-0.39, 0.29) is 6.04 Å². The molecule has 2 nitrogen and oxygen atoms in total. The minimum atomic E-state index is 0.286. The molecule has 0 bridgehead atoms. The Kier molecular flexibility index (Phi) is 4.67. The van der Waals surface area contributed by atoms with Crippen molar-refractivity contribution in [3.05, 3.63) is 59.2 Å². The molecule has 0 aliphatic heterocycles. The molecule has 1 atom stereocenters. The number of benzene rings is 2. The van der Waals surface area contributed by atoms with Crippen molar-refractivity contribution in [1.29, 1.82) is 0 Å². The molecule has 0 aliphatic carbocycles. The van der Waals surface area contributed by atoms with Crippen LogP contribution in [0.25, 0.3) is 0 Å². The van der Waals surface area contributed by atoms with E-state index in [0.29, 0.717) is 0 Å². The molecule has 1 unspecified atom stereocenters. The highest BCUT2D eigenvalue weighted by atomic mass is 16.5. The number of hydrogen-bond acceptors (Lipinski definition) is 2. The van der Waals surface area contributed by atoms with Gasteiger partial charge in [-0.1, -0.05) is 31.2 Å². The lowest BCUT2D eigenvalue weighted by Crippen LogP contribution is -2.06. The van der Waals surface area contributed by atoms with Gasteiger partial charge in [-0.05, 0) is 55.2 Å². The Morgan fingerprint density at radius 2 is 1.80 bits per heavy atom. The van der Waals surface area contributed by atoms with Gasteiger partial charge in [0.15, 0.2) is 0 Å². The van der Waals surface area contributed by atoms with Gasteiger partial charge in [0.2, 0.25) is 0 Å². The molecule has 0 aliphatic rings. The van der Waals surface area contributed by atoms with Crippen molar-refractivity contribution < 1.29 is 4.74 Å². The summed E-state index contributed by atoms with van der Waals surface area (Å²) in [6, 6.07) is 15.3. The number of ether oxygens (including phenoxy) is 1. The Balaban J connectivity index is 2.10. The van der Waals surface area contributed by atoms with Gasteiger partial charge in [0, 0.05) is 11.7 Å². The molecule has 106 valence electrons. The summed E-state index contributed by atoms with van der Waals surface area (Å²) in [7, 11) is 1.70. The normalized spacial score (nSPS) is 12.0. The summed E-state index contributed by atoms with van der Waals surface area (Å²) in [5.74, 6) is 0.926. The smallest absolute Gasteiger partial charge is 0.121 e. The zero-order valence-corrected chi connectivity index (χ0v) is 12.7. The lowest BCUT2D eigenvalue weighted by atomic mass is 10.0. The van der Waals surface area contributed by atoms with Crippen molar-refractivity contribution in [2.24, 2.45) is 0 Å². The molecule has 0 spiro atoms. The minimum Gasteiger partial charge on any atom is -0.496 e. The monoisotopic (exact) mass is 269 g/mol. The van der Waals surface area contributed by atoms with Crippen LogP contribution in [0.5, 0.6) is 5.75 Å². The van der Waals surface area contributed by atoms with Crippen LogP contribution in [-0.2, 0) is 6.42 Å². The maximum Gasteiger partial charge on any atom is 0.121 e. The van der Waals surface area contributed by atoms with Gasteiger partial charge in [-0.15, -0.1) is 0 Å². The van der Waals surface area contributed by atoms with Crippen LogP contribution in [0.4, 0.5) is 5.69 Å². The van der Waals surface area contributed by atoms with Gasteiger partial charge in [0.25, 0.3) is 0 Å². The van der Waals surface area contributed by atoms with E-state index in [4.69, 9.17) is 4.74 Å². The van der Waals surface area contributed by atoms with Crippen molar-refractivity contribution in [2.45, 2.75) is 33.2 Å². The molecule has 0 amide bonds. The quantitative estimate of drug-likeness (QED) is 0.846. The Morgan fingerprint density at radius 3 is 2.35 bits per heavy atom. The third-order valence-electron chi connectivity index (χ3n) is 3.67. The molecule has 2 heteroatoms. The summed E-state index contributed by atoms with van der Waals surface area (Å²) in [6.45, 7) is 6.42. The first kappa shape index (κ1) is 14.4. The first-order valence-corrected chi connectivity index (χ1v) is 7.14. The molecular weight excluding hydrogens is 246 g/mol. The average molecular weight is 269 g/mol. The predicted octanol–water partition coefficient (Wildman–Crippen LogP) is 4.74. The Morgan fingerprint density at radius 1 is 1.10 bits per heavy atom. The molecule has 20 heavy (non-hydrogen) atoms. The number of methoxy groups -OCH3 is 1. The fourth-order valence-corrected chi connectivity index (χ4v) is 2.34. The zero-order valence-electron chi connectivity index (χ0n) is 12.7. The SMILES string of the molecule is CCc1ccc(C(C)Nc2ccc(OC)c(C)c2)cc1. The maximum atomic E-state index is 5.29. The van der Waals surface area contributed by atoms with Crippen LogP contribution in [-0.4, -0.2) is 7.11 Å². The van der Waals surface area contributed by atoms with Crippen molar-refractivity contribution >= 4 is 5.69 Å². The summed E-state index contributed by atoms with van der Waals surface area (Å²) in [5.41, 5.74) is 4.94.